The molecule has 0 unspecified atom stereocenters. The Morgan fingerprint density at radius 1 is 1.11 bits per heavy atom. The van der Waals surface area contributed by atoms with Crippen LogP contribution in [0.2, 0.25) is 5.02 Å². The molecule has 4 aromatic rings. The molecule has 3 fully saturated rings. The van der Waals surface area contributed by atoms with E-state index < -0.39 is 34.8 Å². The Morgan fingerprint density at radius 3 is 2.57 bits per heavy atom. The second-order valence-corrected chi connectivity index (χ2v) is 12.0. The number of amides is 2. The maximum atomic E-state index is 14.9. The molecule has 4 heterocycles. The third kappa shape index (κ3) is 4.52. The quantitative estimate of drug-likeness (QED) is 0.283. The molecule has 2 atom stereocenters. The Morgan fingerprint density at radius 2 is 1.91 bits per heavy atom. The van der Waals surface area contributed by atoms with E-state index in [1.807, 2.05) is 6.92 Å². The van der Waals surface area contributed by atoms with Crippen molar-refractivity contribution in [3.63, 3.8) is 0 Å². The van der Waals surface area contributed by atoms with Gasteiger partial charge in [-0.05, 0) is 51.5 Å². The topological polar surface area (TPSA) is 119 Å². The van der Waals surface area contributed by atoms with Crippen LogP contribution in [0.25, 0.3) is 11.3 Å². The van der Waals surface area contributed by atoms with Gasteiger partial charge in [-0.25, -0.2) is 28.1 Å². The minimum absolute atomic E-state index is 0.0885. The van der Waals surface area contributed by atoms with Gasteiger partial charge in [0.2, 0.25) is 11.9 Å². The smallest absolute Gasteiger partial charge is 0.276 e. The Bertz CT molecular complexity index is 1840. The van der Waals surface area contributed by atoms with Crippen LogP contribution in [0.1, 0.15) is 65.1 Å². The summed E-state index contributed by atoms with van der Waals surface area (Å²) in [6.45, 7) is 4.08. The van der Waals surface area contributed by atoms with Gasteiger partial charge in [0, 0.05) is 47.2 Å². The molecule has 0 radical (unpaired) electrons. The van der Waals surface area contributed by atoms with Crippen molar-refractivity contribution in [2.75, 3.05) is 16.8 Å². The summed E-state index contributed by atoms with van der Waals surface area (Å²) in [6.07, 6.45) is 6.55. The van der Waals surface area contributed by atoms with Gasteiger partial charge in [0.05, 0.1) is 40.0 Å². The van der Waals surface area contributed by atoms with Crippen LogP contribution >= 0.6 is 11.6 Å². The van der Waals surface area contributed by atoms with Gasteiger partial charge >= 0.3 is 0 Å². The van der Waals surface area contributed by atoms with Crippen LogP contribution < -0.4 is 10.2 Å². The highest BCUT2D eigenvalue weighted by atomic mass is 35.5. The van der Waals surface area contributed by atoms with Gasteiger partial charge in [0.25, 0.3) is 12.3 Å². The van der Waals surface area contributed by atoms with E-state index in [1.165, 1.54) is 13.1 Å². The second-order valence-electron chi connectivity index (χ2n) is 11.5. The van der Waals surface area contributed by atoms with Gasteiger partial charge < -0.3 is 5.32 Å². The summed E-state index contributed by atoms with van der Waals surface area (Å²) in [7, 11) is 0. The minimum Gasteiger partial charge on any atom is -0.318 e. The second kappa shape index (κ2) is 10.4. The first kappa shape index (κ1) is 28.4. The first-order valence-corrected chi connectivity index (χ1v) is 14.6. The molecule has 1 aliphatic heterocycles. The number of nitrogens with one attached hydrogen (secondary N) is 1. The Kier molecular flexibility index (Phi) is 6.68. The number of alkyl halides is 2. The molecule has 2 amide bonds. The zero-order valence-corrected chi connectivity index (χ0v) is 24.4. The van der Waals surface area contributed by atoms with Crippen molar-refractivity contribution in [2.45, 2.75) is 51.5 Å². The number of halogens is 4. The number of piperidine rings is 1. The number of nitrogens with zero attached hydrogens (tertiary/aromatic N) is 7. The van der Waals surface area contributed by atoms with Crippen molar-refractivity contribution in [2.24, 2.45) is 11.8 Å². The van der Waals surface area contributed by atoms with Gasteiger partial charge in [-0.3, -0.25) is 24.2 Å². The average Bonchev–Trinajstić information content (AvgIpc) is 3.47. The molecular formula is C30H26ClF3N8O2. The number of carbonyl (C=O) groups is 2. The van der Waals surface area contributed by atoms with Gasteiger partial charge in [0.15, 0.2) is 5.82 Å². The first-order chi connectivity index (χ1) is 21.1. The summed E-state index contributed by atoms with van der Waals surface area (Å²) in [4.78, 5) is 45.1. The largest absolute Gasteiger partial charge is 0.318 e. The molecule has 3 aromatic heterocycles. The number of aromatic nitrogens is 6. The van der Waals surface area contributed by atoms with Gasteiger partial charge in [-0.2, -0.15) is 5.10 Å². The predicted octanol–water partition coefficient (Wildman–Crippen LogP) is 5.64. The van der Waals surface area contributed by atoms with Crippen molar-refractivity contribution in [3.05, 3.63) is 76.0 Å². The van der Waals surface area contributed by atoms with E-state index in [9.17, 15) is 22.8 Å². The van der Waals surface area contributed by atoms with Crippen molar-refractivity contribution in [3.8, 4) is 11.3 Å². The van der Waals surface area contributed by atoms with Crippen LogP contribution in [-0.4, -0.2) is 48.1 Å². The number of carbonyl (C=O) groups excluding carboxylic acids is 2. The van der Waals surface area contributed by atoms with E-state index in [1.54, 1.807) is 22.0 Å². The molecule has 1 saturated heterocycles. The Hall–Kier alpha value is -4.39. The minimum atomic E-state index is -3.00. The van der Waals surface area contributed by atoms with E-state index in [0.717, 1.165) is 55.3 Å². The van der Waals surface area contributed by atoms with Crippen LogP contribution in [0, 0.1) is 31.5 Å². The normalized spacial score (nSPS) is 20.1. The molecule has 3 aliphatic rings. The number of hydrogen-bond donors (Lipinski definition) is 1. The zero-order chi connectivity index (χ0) is 30.9. The predicted molar refractivity (Wildman–Crippen MR) is 154 cm³/mol. The van der Waals surface area contributed by atoms with E-state index >= 15 is 0 Å². The zero-order valence-electron chi connectivity index (χ0n) is 23.7. The highest BCUT2D eigenvalue weighted by Crippen LogP contribution is 2.48. The van der Waals surface area contributed by atoms with Crippen LogP contribution in [-0.2, 0) is 10.3 Å². The van der Waals surface area contributed by atoms with E-state index in [2.05, 4.69) is 30.4 Å². The van der Waals surface area contributed by atoms with Crippen LogP contribution in [0.5, 0.6) is 0 Å². The fraction of sp³-hybridized carbons (Fsp3) is 0.367. The van der Waals surface area contributed by atoms with Crippen molar-refractivity contribution < 1.29 is 22.8 Å². The van der Waals surface area contributed by atoms with E-state index in [0.29, 0.717) is 24.1 Å². The lowest BCUT2D eigenvalue weighted by Gasteiger charge is -2.42. The standard InChI is InChI=1S/C30H26ClF3N8O2/c1-14-20(10-36-29(38-14)41-12-16-8-19(16)28(41)44)30(6-3-7-30)42-13-17(9-37-42)39-27(43)25-15(2)35-11-22(40-25)23-18(26(33)34)4-5-21(31)24(23)32/h4-5,9-11,13,16,19,26H,3,6-8,12H2,1-2H3,(H,39,43)/t16-,19-/m1/s1. The summed E-state index contributed by atoms with van der Waals surface area (Å²) in [5, 5.41) is 6.92. The van der Waals surface area contributed by atoms with Crippen LogP contribution in [0.3, 0.4) is 0 Å². The maximum Gasteiger partial charge on any atom is 0.276 e. The average molecular weight is 623 g/mol. The third-order valence-corrected chi connectivity index (χ3v) is 9.17. The number of anilines is 2. The molecule has 1 aromatic carbocycles. The van der Waals surface area contributed by atoms with Crippen LogP contribution in [0.4, 0.5) is 24.8 Å². The van der Waals surface area contributed by atoms with Crippen molar-refractivity contribution in [1.82, 2.24) is 29.7 Å². The highest BCUT2D eigenvalue weighted by molar-refractivity contribution is 6.31. The molecule has 1 N–H and O–H groups in total. The number of aryl methyl sites for hydroxylation is 2. The Balaban J connectivity index is 1.14. The third-order valence-electron chi connectivity index (χ3n) is 8.88. The molecular weight excluding hydrogens is 597 g/mol. The molecule has 2 aliphatic carbocycles. The van der Waals surface area contributed by atoms with Gasteiger partial charge in [-0.15, -0.1) is 0 Å². The number of rotatable bonds is 7. The van der Waals surface area contributed by atoms with Crippen molar-refractivity contribution in [1.29, 1.82) is 0 Å². The summed E-state index contributed by atoms with van der Waals surface area (Å²) >= 11 is 5.86. The number of hydrogen-bond acceptors (Lipinski definition) is 7. The fourth-order valence-electron chi connectivity index (χ4n) is 6.24. The Labute approximate surface area is 254 Å². The van der Waals surface area contributed by atoms with Crippen molar-refractivity contribution >= 4 is 35.1 Å². The molecule has 226 valence electrons. The molecule has 0 bridgehead atoms. The molecule has 0 spiro atoms. The lowest BCUT2D eigenvalue weighted by molar-refractivity contribution is -0.118. The summed E-state index contributed by atoms with van der Waals surface area (Å²) in [6, 6.07) is 2.06. The highest BCUT2D eigenvalue weighted by Gasteiger charge is 2.53. The monoisotopic (exact) mass is 622 g/mol. The van der Waals surface area contributed by atoms with E-state index in [4.69, 9.17) is 11.6 Å². The van der Waals surface area contributed by atoms with Crippen LogP contribution in [0.15, 0.2) is 36.9 Å². The van der Waals surface area contributed by atoms with Gasteiger partial charge in [-0.1, -0.05) is 17.7 Å². The molecule has 7 rings (SSSR count). The maximum absolute atomic E-state index is 14.9. The number of fused-ring (bicyclic) bond motifs is 1. The lowest BCUT2D eigenvalue weighted by Crippen LogP contribution is -2.43. The molecule has 44 heavy (non-hydrogen) atoms. The summed E-state index contributed by atoms with van der Waals surface area (Å²) in [5.41, 5.74) is 0.177. The lowest BCUT2D eigenvalue weighted by atomic mass is 9.72. The van der Waals surface area contributed by atoms with E-state index in [-0.39, 0.29) is 33.9 Å². The van der Waals surface area contributed by atoms with Gasteiger partial charge in [0.1, 0.15) is 5.69 Å². The summed E-state index contributed by atoms with van der Waals surface area (Å²) in [5.74, 6) is -0.713. The molecule has 14 heteroatoms. The molecule has 10 nitrogen and oxygen atoms in total. The first-order valence-electron chi connectivity index (χ1n) is 14.2. The SMILES string of the molecule is Cc1nc(N2C[C@H]3C[C@H]3C2=O)ncc1C1(n2cc(NC(=O)c3nc(-c4c(C(F)F)ccc(Cl)c4F)cnc3C)cn2)CCC1. The number of benzene rings is 1. The summed E-state index contributed by atoms with van der Waals surface area (Å²) < 4.78 is 44.0. The molecule has 2 saturated carbocycles. The fourth-order valence-corrected chi connectivity index (χ4v) is 6.39.